The zero-order valence-corrected chi connectivity index (χ0v) is 10.2. The number of aliphatic hydroxyl groups excluding tert-OH is 2. The van der Waals surface area contributed by atoms with Crippen LogP contribution in [-0.2, 0) is 0 Å². The van der Waals surface area contributed by atoms with E-state index < -0.39 is 12.2 Å². The molecule has 2 amide bonds. The van der Waals surface area contributed by atoms with Crippen molar-refractivity contribution >= 4 is 11.8 Å². The maximum atomic E-state index is 12.1. The van der Waals surface area contributed by atoms with Gasteiger partial charge in [-0.15, -0.1) is 0 Å². The number of nitrogens with zero attached hydrogens (tertiary/aromatic N) is 2. The van der Waals surface area contributed by atoms with E-state index in [9.17, 15) is 19.8 Å². The highest BCUT2D eigenvalue weighted by Crippen LogP contribution is 2.23. The SMILES string of the molecule is O=C1c2ccccc2C(=O)N1CN1C[C@@H](O)[C@@H](O)C1. The van der Waals surface area contributed by atoms with Crippen LogP contribution in [0, 0.1) is 0 Å². The predicted molar refractivity (Wildman–Crippen MR) is 65.4 cm³/mol. The van der Waals surface area contributed by atoms with Gasteiger partial charge in [0.25, 0.3) is 11.8 Å². The van der Waals surface area contributed by atoms with E-state index in [1.165, 1.54) is 0 Å². The molecule has 1 fully saturated rings. The summed E-state index contributed by atoms with van der Waals surface area (Å²) in [5.74, 6) is -0.645. The first-order chi connectivity index (χ1) is 9.08. The van der Waals surface area contributed by atoms with E-state index >= 15 is 0 Å². The lowest BCUT2D eigenvalue weighted by atomic mass is 10.1. The second kappa shape index (κ2) is 4.41. The summed E-state index contributed by atoms with van der Waals surface area (Å²) in [5, 5.41) is 18.9. The van der Waals surface area contributed by atoms with Crippen molar-refractivity contribution in [3.63, 3.8) is 0 Å². The second-order valence-electron chi connectivity index (χ2n) is 4.90. The number of carbonyl (C=O) groups excluding carboxylic acids is 2. The maximum absolute atomic E-state index is 12.1. The molecule has 2 aliphatic heterocycles. The molecule has 100 valence electrons. The van der Waals surface area contributed by atoms with Crippen LogP contribution in [0.2, 0.25) is 0 Å². The van der Waals surface area contributed by atoms with Crippen molar-refractivity contribution in [2.24, 2.45) is 0 Å². The third kappa shape index (κ3) is 1.94. The molecular formula is C13H14N2O4. The standard InChI is InChI=1S/C13H14N2O4/c16-10-5-14(6-11(10)17)7-15-12(18)8-3-1-2-4-9(8)13(15)19/h1-4,10-11,16-17H,5-7H2/t10-,11+. The van der Waals surface area contributed by atoms with Crippen molar-refractivity contribution in [1.29, 1.82) is 0 Å². The normalized spacial score (nSPS) is 27.2. The number of fused-ring (bicyclic) bond motifs is 1. The van der Waals surface area contributed by atoms with Crippen molar-refractivity contribution in [3.8, 4) is 0 Å². The molecule has 0 spiro atoms. The topological polar surface area (TPSA) is 81.1 Å². The fourth-order valence-electron chi connectivity index (χ4n) is 2.53. The number of benzene rings is 1. The molecule has 2 atom stereocenters. The van der Waals surface area contributed by atoms with Crippen LogP contribution in [0.15, 0.2) is 24.3 Å². The fourth-order valence-corrected chi connectivity index (χ4v) is 2.53. The van der Waals surface area contributed by atoms with Crippen LogP contribution in [-0.4, -0.2) is 63.8 Å². The molecule has 3 rings (SSSR count). The highest BCUT2D eigenvalue weighted by atomic mass is 16.3. The molecule has 0 aromatic heterocycles. The Kier molecular flexibility index (Phi) is 2.85. The summed E-state index contributed by atoms with van der Waals surface area (Å²) in [6, 6.07) is 6.69. The van der Waals surface area contributed by atoms with Crippen molar-refractivity contribution in [2.45, 2.75) is 12.2 Å². The van der Waals surface area contributed by atoms with E-state index in [4.69, 9.17) is 0 Å². The lowest BCUT2D eigenvalue weighted by molar-refractivity contribution is 0.0548. The van der Waals surface area contributed by atoms with Crippen LogP contribution < -0.4 is 0 Å². The van der Waals surface area contributed by atoms with Gasteiger partial charge in [0.05, 0.1) is 30.0 Å². The van der Waals surface area contributed by atoms with Crippen LogP contribution in [0.1, 0.15) is 20.7 Å². The Labute approximate surface area is 109 Å². The van der Waals surface area contributed by atoms with Gasteiger partial charge in [-0.25, -0.2) is 0 Å². The van der Waals surface area contributed by atoms with E-state index in [0.29, 0.717) is 11.1 Å². The molecule has 0 bridgehead atoms. The molecule has 1 aromatic rings. The van der Waals surface area contributed by atoms with Crippen LogP contribution in [0.25, 0.3) is 0 Å². The second-order valence-corrected chi connectivity index (χ2v) is 4.90. The Morgan fingerprint density at radius 3 is 1.95 bits per heavy atom. The molecular weight excluding hydrogens is 248 g/mol. The van der Waals surface area contributed by atoms with Crippen LogP contribution >= 0.6 is 0 Å². The van der Waals surface area contributed by atoms with Crippen LogP contribution in [0.4, 0.5) is 0 Å². The Balaban J connectivity index is 1.78. The summed E-state index contributed by atoms with van der Waals surface area (Å²) in [6.07, 6.45) is -1.65. The van der Waals surface area contributed by atoms with Gasteiger partial charge in [0.15, 0.2) is 0 Å². The van der Waals surface area contributed by atoms with Crippen molar-refractivity contribution < 1.29 is 19.8 Å². The summed E-state index contributed by atoms with van der Waals surface area (Å²) in [6.45, 7) is 0.615. The molecule has 2 N–H and O–H groups in total. The van der Waals surface area contributed by atoms with Gasteiger partial charge in [0, 0.05) is 13.1 Å². The summed E-state index contributed by atoms with van der Waals surface area (Å²) in [4.78, 5) is 27.1. The smallest absolute Gasteiger partial charge is 0.262 e. The first kappa shape index (κ1) is 12.3. The molecule has 0 radical (unpaired) electrons. The van der Waals surface area contributed by atoms with Gasteiger partial charge in [0.1, 0.15) is 0 Å². The average molecular weight is 262 g/mol. The van der Waals surface area contributed by atoms with Gasteiger partial charge in [-0.2, -0.15) is 0 Å². The predicted octanol–water partition coefficient (Wildman–Crippen LogP) is -0.723. The molecule has 2 heterocycles. The Bertz CT molecular complexity index is 500. The highest BCUT2D eigenvalue weighted by Gasteiger charge is 2.38. The number of carbonyl (C=O) groups is 2. The van der Waals surface area contributed by atoms with E-state index in [0.717, 1.165) is 4.90 Å². The minimum atomic E-state index is -0.824. The number of amides is 2. The Morgan fingerprint density at radius 2 is 1.47 bits per heavy atom. The fraction of sp³-hybridized carbons (Fsp3) is 0.385. The van der Waals surface area contributed by atoms with Crippen molar-refractivity contribution in [2.75, 3.05) is 19.8 Å². The molecule has 6 nitrogen and oxygen atoms in total. The largest absolute Gasteiger partial charge is 0.389 e. The third-order valence-electron chi connectivity index (χ3n) is 3.55. The quantitative estimate of drug-likeness (QED) is 0.687. The first-order valence-corrected chi connectivity index (χ1v) is 6.11. The monoisotopic (exact) mass is 262 g/mol. The summed E-state index contributed by atoms with van der Waals surface area (Å²) >= 11 is 0. The molecule has 1 saturated heterocycles. The number of rotatable bonds is 2. The number of hydrogen-bond donors (Lipinski definition) is 2. The summed E-state index contributed by atoms with van der Waals surface area (Å²) in [7, 11) is 0. The van der Waals surface area contributed by atoms with Gasteiger partial charge >= 0.3 is 0 Å². The molecule has 6 heteroatoms. The van der Waals surface area contributed by atoms with Gasteiger partial charge in [0.2, 0.25) is 0 Å². The minimum absolute atomic E-state index is 0.0977. The number of aliphatic hydroxyl groups is 2. The van der Waals surface area contributed by atoms with Gasteiger partial charge in [-0.3, -0.25) is 19.4 Å². The molecule has 0 aliphatic carbocycles. The van der Waals surface area contributed by atoms with Crippen molar-refractivity contribution in [3.05, 3.63) is 35.4 Å². The molecule has 0 unspecified atom stereocenters. The molecule has 1 aromatic carbocycles. The minimum Gasteiger partial charge on any atom is -0.389 e. The van der Waals surface area contributed by atoms with Crippen molar-refractivity contribution in [1.82, 2.24) is 9.80 Å². The average Bonchev–Trinajstić information content (AvgIpc) is 2.84. The Morgan fingerprint density at radius 1 is 1.00 bits per heavy atom. The van der Waals surface area contributed by atoms with Gasteiger partial charge < -0.3 is 10.2 Å². The number of hydrogen-bond acceptors (Lipinski definition) is 5. The van der Waals surface area contributed by atoms with Gasteiger partial charge in [-0.1, -0.05) is 12.1 Å². The maximum Gasteiger partial charge on any atom is 0.262 e. The highest BCUT2D eigenvalue weighted by molar-refractivity contribution is 6.21. The van der Waals surface area contributed by atoms with Crippen LogP contribution in [0.3, 0.4) is 0 Å². The zero-order chi connectivity index (χ0) is 13.6. The van der Waals surface area contributed by atoms with E-state index in [1.807, 2.05) is 0 Å². The first-order valence-electron chi connectivity index (χ1n) is 6.11. The lowest BCUT2D eigenvalue weighted by Crippen LogP contribution is -2.40. The summed E-state index contributed by atoms with van der Waals surface area (Å²) in [5.41, 5.74) is 0.820. The number of β-amino-alcohol motifs (C(OH)–C–C–N with tert-alkyl or cyclic N) is 2. The number of imide groups is 1. The molecule has 2 aliphatic rings. The number of likely N-dealkylation sites (tertiary alicyclic amines) is 1. The summed E-state index contributed by atoms with van der Waals surface area (Å²) < 4.78 is 0. The lowest BCUT2D eigenvalue weighted by Gasteiger charge is -2.21. The van der Waals surface area contributed by atoms with E-state index in [-0.39, 0.29) is 31.6 Å². The van der Waals surface area contributed by atoms with E-state index in [2.05, 4.69) is 0 Å². The van der Waals surface area contributed by atoms with Gasteiger partial charge in [-0.05, 0) is 12.1 Å². The molecule has 0 saturated carbocycles. The molecule has 19 heavy (non-hydrogen) atoms. The Hall–Kier alpha value is -1.76. The van der Waals surface area contributed by atoms with Crippen LogP contribution in [0.5, 0.6) is 0 Å². The zero-order valence-electron chi connectivity index (χ0n) is 10.2. The van der Waals surface area contributed by atoms with E-state index in [1.54, 1.807) is 29.2 Å². The third-order valence-corrected chi connectivity index (χ3v) is 3.55.